The van der Waals surface area contributed by atoms with Crippen molar-refractivity contribution in [1.29, 1.82) is 0 Å². The number of nitrogens with zero attached hydrogens (tertiary/aromatic N) is 2. The summed E-state index contributed by atoms with van der Waals surface area (Å²) >= 11 is 0. The highest BCUT2D eigenvalue weighted by Gasteiger charge is 2.01. The molecular formula is C11H10N2O2. The molecule has 0 spiro atoms. The Kier molecular flexibility index (Phi) is 2.49. The summed E-state index contributed by atoms with van der Waals surface area (Å²) in [4.78, 5) is 14.5. The van der Waals surface area contributed by atoms with Gasteiger partial charge >= 0.3 is 0 Å². The van der Waals surface area contributed by atoms with Crippen LogP contribution in [0.15, 0.2) is 36.7 Å². The smallest absolute Gasteiger partial charge is 0.185 e. The first-order valence-corrected chi connectivity index (χ1v) is 4.54. The van der Waals surface area contributed by atoms with Gasteiger partial charge in [-0.05, 0) is 17.7 Å². The van der Waals surface area contributed by atoms with E-state index in [0.29, 0.717) is 18.7 Å². The Balaban J connectivity index is 2.25. The van der Waals surface area contributed by atoms with E-state index >= 15 is 0 Å². The van der Waals surface area contributed by atoms with Crippen molar-refractivity contribution in [2.24, 2.45) is 0 Å². The molecule has 0 aliphatic rings. The Hall–Kier alpha value is -2.10. The van der Waals surface area contributed by atoms with Crippen LogP contribution >= 0.6 is 0 Å². The lowest BCUT2D eigenvalue weighted by molar-refractivity contribution is 0.111. The largest absolute Gasteiger partial charge is 0.508 e. The second-order valence-electron chi connectivity index (χ2n) is 3.20. The van der Waals surface area contributed by atoms with Crippen molar-refractivity contribution in [2.45, 2.75) is 6.54 Å². The summed E-state index contributed by atoms with van der Waals surface area (Å²) in [6.45, 7) is 0.530. The first kappa shape index (κ1) is 9.45. The Morgan fingerprint density at radius 2 is 2.33 bits per heavy atom. The fourth-order valence-corrected chi connectivity index (χ4v) is 1.42. The summed E-state index contributed by atoms with van der Waals surface area (Å²) in [5, 5.41) is 9.27. The molecule has 0 radical (unpaired) electrons. The number of hydrogen-bond donors (Lipinski definition) is 1. The molecule has 0 saturated carbocycles. The second-order valence-corrected chi connectivity index (χ2v) is 3.20. The molecule has 15 heavy (non-hydrogen) atoms. The van der Waals surface area contributed by atoms with Crippen LogP contribution in [0.4, 0.5) is 0 Å². The van der Waals surface area contributed by atoms with Gasteiger partial charge in [-0.1, -0.05) is 12.1 Å². The predicted molar refractivity (Wildman–Crippen MR) is 54.8 cm³/mol. The Morgan fingerprint density at radius 1 is 1.47 bits per heavy atom. The van der Waals surface area contributed by atoms with E-state index < -0.39 is 0 Å². The van der Waals surface area contributed by atoms with Crippen molar-refractivity contribution in [3.05, 3.63) is 48.0 Å². The standard InChI is InChI=1S/C11H10N2O2/c14-8-11-12-4-5-13(11)7-9-2-1-3-10(15)6-9/h1-6,8,15H,7H2. The maximum atomic E-state index is 10.6. The molecule has 1 N–H and O–H groups in total. The quantitative estimate of drug-likeness (QED) is 0.766. The maximum Gasteiger partial charge on any atom is 0.185 e. The first-order valence-electron chi connectivity index (χ1n) is 4.54. The van der Waals surface area contributed by atoms with Crippen molar-refractivity contribution in [1.82, 2.24) is 9.55 Å². The third-order valence-electron chi connectivity index (χ3n) is 2.12. The second kappa shape index (κ2) is 3.96. The number of aromatic hydroxyl groups is 1. The molecule has 2 rings (SSSR count). The summed E-state index contributed by atoms with van der Waals surface area (Å²) in [5.74, 6) is 0.610. The van der Waals surface area contributed by atoms with Gasteiger partial charge in [-0.15, -0.1) is 0 Å². The topological polar surface area (TPSA) is 55.1 Å². The number of aldehydes is 1. The average molecular weight is 202 g/mol. The summed E-state index contributed by atoms with van der Waals surface area (Å²) < 4.78 is 1.72. The van der Waals surface area contributed by atoms with Crippen LogP contribution in [-0.4, -0.2) is 20.9 Å². The van der Waals surface area contributed by atoms with Crippen LogP contribution in [0.3, 0.4) is 0 Å². The highest BCUT2D eigenvalue weighted by atomic mass is 16.3. The molecule has 0 aliphatic heterocycles. The predicted octanol–water partition coefficient (Wildman–Crippen LogP) is 1.45. The average Bonchev–Trinajstić information content (AvgIpc) is 2.65. The lowest BCUT2D eigenvalue weighted by Gasteiger charge is -2.04. The number of aromatic nitrogens is 2. The molecule has 0 saturated heterocycles. The lowest BCUT2D eigenvalue weighted by atomic mass is 10.2. The minimum Gasteiger partial charge on any atom is -0.508 e. The van der Waals surface area contributed by atoms with Crippen molar-refractivity contribution in [2.75, 3.05) is 0 Å². The van der Waals surface area contributed by atoms with Crippen molar-refractivity contribution < 1.29 is 9.90 Å². The van der Waals surface area contributed by atoms with Gasteiger partial charge in [-0.3, -0.25) is 4.79 Å². The maximum absolute atomic E-state index is 10.6. The minimum absolute atomic E-state index is 0.222. The fourth-order valence-electron chi connectivity index (χ4n) is 1.42. The van der Waals surface area contributed by atoms with E-state index in [0.717, 1.165) is 5.56 Å². The van der Waals surface area contributed by atoms with Crippen LogP contribution < -0.4 is 0 Å². The molecule has 0 unspecified atom stereocenters. The van der Waals surface area contributed by atoms with E-state index in [1.165, 1.54) is 0 Å². The summed E-state index contributed by atoms with van der Waals surface area (Å²) in [6, 6.07) is 6.92. The number of carbonyl (C=O) groups is 1. The van der Waals surface area contributed by atoms with Crippen molar-refractivity contribution in [3.63, 3.8) is 0 Å². The third-order valence-corrected chi connectivity index (χ3v) is 2.12. The van der Waals surface area contributed by atoms with Crippen LogP contribution in [0.1, 0.15) is 16.2 Å². The Labute approximate surface area is 86.8 Å². The van der Waals surface area contributed by atoms with Gasteiger partial charge in [0.15, 0.2) is 12.1 Å². The highest BCUT2D eigenvalue weighted by molar-refractivity contribution is 5.69. The Bertz CT molecular complexity index is 477. The normalized spacial score (nSPS) is 10.1. The summed E-state index contributed by atoms with van der Waals surface area (Å²) in [5.41, 5.74) is 0.927. The van der Waals surface area contributed by atoms with E-state index in [4.69, 9.17) is 0 Å². The minimum atomic E-state index is 0.222. The molecule has 4 heteroatoms. The van der Waals surface area contributed by atoms with Gasteiger partial charge in [-0.25, -0.2) is 4.98 Å². The van der Waals surface area contributed by atoms with Crippen LogP contribution in [-0.2, 0) is 6.54 Å². The number of benzene rings is 1. The molecule has 0 amide bonds. The van der Waals surface area contributed by atoms with Crippen LogP contribution in [0.25, 0.3) is 0 Å². The highest BCUT2D eigenvalue weighted by Crippen LogP contribution is 2.12. The van der Waals surface area contributed by atoms with Gasteiger partial charge < -0.3 is 9.67 Å². The van der Waals surface area contributed by atoms with Gasteiger partial charge in [-0.2, -0.15) is 0 Å². The zero-order chi connectivity index (χ0) is 10.7. The van der Waals surface area contributed by atoms with Crippen molar-refractivity contribution >= 4 is 6.29 Å². The molecule has 1 aromatic heterocycles. The summed E-state index contributed by atoms with van der Waals surface area (Å²) in [7, 11) is 0. The van der Waals surface area contributed by atoms with Gasteiger partial charge in [0.2, 0.25) is 0 Å². The monoisotopic (exact) mass is 202 g/mol. The zero-order valence-corrected chi connectivity index (χ0v) is 8.00. The van der Waals surface area contributed by atoms with E-state index in [9.17, 15) is 9.90 Å². The molecule has 1 heterocycles. The van der Waals surface area contributed by atoms with Crippen LogP contribution in [0.5, 0.6) is 5.75 Å². The fraction of sp³-hybridized carbons (Fsp3) is 0.0909. The number of phenolic OH excluding ortho intramolecular Hbond substituents is 1. The first-order chi connectivity index (χ1) is 7.29. The van der Waals surface area contributed by atoms with E-state index in [1.54, 1.807) is 35.2 Å². The van der Waals surface area contributed by atoms with Gasteiger partial charge in [0.1, 0.15) is 5.75 Å². The molecule has 4 nitrogen and oxygen atoms in total. The van der Waals surface area contributed by atoms with Crippen LogP contribution in [0.2, 0.25) is 0 Å². The lowest BCUT2D eigenvalue weighted by Crippen LogP contribution is -2.02. The molecule has 76 valence electrons. The molecule has 0 fully saturated rings. The number of carbonyl (C=O) groups excluding carboxylic acids is 1. The van der Waals surface area contributed by atoms with Gasteiger partial charge in [0.25, 0.3) is 0 Å². The summed E-state index contributed by atoms with van der Waals surface area (Å²) in [6.07, 6.45) is 4.02. The molecular weight excluding hydrogens is 192 g/mol. The SMILES string of the molecule is O=Cc1nccn1Cc1cccc(O)c1. The molecule has 2 aromatic rings. The zero-order valence-electron chi connectivity index (χ0n) is 8.00. The molecule has 0 aliphatic carbocycles. The van der Waals surface area contributed by atoms with E-state index in [2.05, 4.69) is 4.98 Å². The van der Waals surface area contributed by atoms with Crippen LogP contribution in [0, 0.1) is 0 Å². The number of phenols is 1. The van der Waals surface area contributed by atoms with Crippen molar-refractivity contribution in [3.8, 4) is 5.75 Å². The van der Waals surface area contributed by atoms with Gasteiger partial charge in [0, 0.05) is 18.9 Å². The van der Waals surface area contributed by atoms with Gasteiger partial charge in [0.05, 0.1) is 0 Å². The molecule has 1 aromatic carbocycles. The molecule has 0 bridgehead atoms. The molecule has 0 atom stereocenters. The third kappa shape index (κ3) is 2.04. The Morgan fingerprint density at radius 3 is 3.07 bits per heavy atom. The van der Waals surface area contributed by atoms with E-state index in [-0.39, 0.29) is 5.75 Å². The number of imidazole rings is 1. The number of rotatable bonds is 3. The van der Waals surface area contributed by atoms with E-state index in [1.807, 2.05) is 6.07 Å². The number of hydrogen-bond acceptors (Lipinski definition) is 3.